The van der Waals surface area contributed by atoms with Gasteiger partial charge in [0.25, 0.3) is 0 Å². The maximum Gasteiger partial charge on any atom is 0.0587 e. The van der Waals surface area contributed by atoms with E-state index in [0.29, 0.717) is 5.92 Å². The standard InChI is InChI=1S/C13H27NO3/c1-12(9-16-3)13(5-4-7-17-11-13)10-14-6-8-15-2/h12,14H,4-11H2,1-3H3. The zero-order valence-corrected chi connectivity index (χ0v) is 11.5. The van der Waals surface area contributed by atoms with Gasteiger partial charge in [-0.1, -0.05) is 6.92 Å². The van der Waals surface area contributed by atoms with Gasteiger partial charge in [-0.2, -0.15) is 0 Å². The fourth-order valence-electron chi connectivity index (χ4n) is 2.51. The molecule has 1 rings (SSSR count). The molecule has 0 spiro atoms. The highest BCUT2D eigenvalue weighted by Gasteiger charge is 2.37. The lowest BCUT2D eigenvalue weighted by Gasteiger charge is -2.42. The second kappa shape index (κ2) is 8.03. The van der Waals surface area contributed by atoms with Crippen molar-refractivity contribution in [1.82, 2.24) is 5.32 Å². The fourth-order valence-corrected chi connectivity index (χ4v) is 2.51. The van der Waals surface area contributed by atoms with Crippen molar-refractivity contribution in [2.45, 2.75) is 19.8 Å². The molecule has 1 heterocycles. The van der Waals surface area contributed by atoms with Crippen molar-refractivity contribution < 1.29 is 14.2 Å². The number of ether oxygens (including phenoxy) is 3. The van der Waals surface area contributed by atoms with Gasteiger partial charge in [0.2, 0.25) is 0 Å². The minimum Gasteiger partial charge on any atom is -0.384 e. The maximum atomic E-state index is 5.68. The van der Waals surface area contributed by atoms with Gasteiger partial charge in [0, 0.05) is 45.9 Å². The predicted octanol–water partition coefficient (Wildman–Crippen LogP) is 1.30. The molecule has 4 heteroatoms. The van der Waals surface area contributed by atoms with Crippen LogP contribution in [-0.4, -0.2) is 53.7 Å². The zero-order chi connectivity index (χ0) is 12.6. The van der Waals surface area contributed by atoms with Gasteiger partial charge in [-0.25, -0.2) is 0 Å². The molecule has 0 radical (unpaired) electrons. The third-order valence-corrected chi connectivity index (χ3v) is 3.77. The quantitative estimate of drug-likeness (QED) is 0.654. The predicted molar refractivity (Wildman–Crippen MR) is 68.3 cm³/mol. The number of nitrogens with one attached hydrogen (secondary N) is 1. The monoisotopic (exact) mass is 245 g/mol. The molecular weight excluding hydrogens is 218 g/mol. The van der Waals surface area contributed by atoms with E-state index in [-0.39, 0.29) is 5.41 Å². The average Bonchev–Trinajstić information content (AvgIpc) is 2.36. The van der Waals surface area contributed by atoms with Crippen LogP contribution in [0, 0.1) is 11.3 Å². The van der Waals surface area contributed by atoms with Crippen LogP contribution in [0.25, 0.3) is 0 Å². The Morgan fingerprint density at radius 3 is 2.76 bits per heavy atom. The van der Waals surface area contributed by atoms with Crippen molar-refractivity contribution in [3.05, 3.63) is 0 Å². The van der Waals surface area contributed by atoms with Crippen LogP contribution in [0.1, 0.15) is 19.8 Å². The Labute approximate surface area is 105 Å². The maximum absolute atomic E-state index is 5.68. The smallest absolute Gasteiger partial charge is 0.0587 e. The Morgan fingerprint density at radius 1 is 1.35 bits per heavy atom. The molecule has 1 saturated heterocycles. The third kappa shape index (κ3) is 4.54. The fraction of sp³-hybridized carbons (Fsp3) is 1.00. The first-order chi connectivity index (χ1) is 8.25. The van der Waals surface area contributed by atoms with Crippen LogP contribution >= 0.6 is 0 Å². The van der Waals surface area contributed by atoms with E-state index in [0.717, 1.165) is 45.9 Å². The summed E-state index contributed by atoms with van der Waals surface area (Å²) in [5, 5.41) is 3.48. The molecule has 1 N–H and O–H groups in total. The minimum atomic E-state index is 0.224. The van der Waals surface area contributed by atoms with E-state index in [1.54, 1.807) is 14.2 Å². The number of methoxy groups -OCH3 is 2. The van der Waals surface area contributed by atoms with Gasteiger partial charge in [-0.05, 0) is 18.8 Å². The average molecular weight is 245 g/mol. The van der Waals surface area contributed by atoms with Gasteiger partial charge in [0.05, 0.1) is 13.2 Å². The van der Waals surface area contributed by atoms with Gasteiger partial charge in [-0.15, -0.1) is 0 Å². The van der Waals surface area contributed by atoms with E-state index in [1.807, 2.05) is 0 Å². The lowest BCUT2D eigenvalue weighted by Crippen LogP contribution is -2.47. The first-order valence-corrected chi connectivity index (χ1v) is 6.51. The van der Waals surface area contributed by atoms with Crippen LogP contribution in [0.2, 0.25) is 0 Å². The summed E-state index contributed by atoms with van der Waals surface area (Å²) in [6.07, 6.45) is 2.37. The number of rotatable bonds is 8. The molecule has 0 aromatic heterocycles. The van der Waals surface area contributed by atoms with Crippen LogP contribution in [0.5, 0.6) is 0 Å². The molecule has 0 amide bonds. The summed E-state index contributed by atoms with van der Waals surface area (Å²) >= 11 is 0. The highest BCUT2D eigenvalue weighted by molar-refractivity contribution is 4.88. The molecule has 2 atom stereocenters. The van der Waals surface area contributed by atoms with Crippen molar-refractivity contribution in [3.8, 4) is 0 Å². The van der Waals surface area contributed by atoms with E-state index in [1.165, 1.54) is 6.42 Å². The SMILES string of the molecule is COCCNCC1(C(C)COC)CCCOC1. The molecular formula is C13H27NO3. The molecule has 0 saturated carbocycles. The number of hydrogen-bond donors (Lipinski definition) is 1. The Balaban J connectivity index is 2.45. The summed E-state index contributed by atoms with van der Waals surface area (Å²) in [5.74, 6) is 0.517. The van der Waals surface area contributed by atoms with E-state index >= 15 is 0 Å². The summed E-state index contributed by atoms with van der Waals surface area (Å²) in [6, 6.07) is 0. The van der Waals surface area contributed by atoms with Gasteiger partial charge < -0.3 is 19.5 Å². The molecule has 1 fully saturated rings. The van der Waals surface area contributed by atoms with Crippen LogP contribution in [0.4, 0.5) is 0 Å². The summed E-state index contributed by atoms with van der Waals surface area (Å²) in [7, 11) is 3.50. The van der Waals surface area contributed by atoms with Crippen LogP contribution < -0.4 is 5.32 Å². The van der Waals surface area contributed by atoms with E-state index in [2.05, 4.69) is 12.2 Å². The minimum absolute atomic E-state index is 0.224. The number of hydrogen-bond acceptors (Lipinski definition) is 4. The molecule has 1 aliphatic rings. The van der Waals surface area contributed by atoms with E-state index in [4.69, 9.17) is 14.2 Å². The van der Waals surface area contributed by atoms with Crippen molar-refractivity contribution in [1.29, 1.82) is 0 Å². The second-order valence-corrected chi connectivity index (χ2v) is 5.04. The van der Waals surface area contributed by atoms with Crippen molar-refractivity contribution in [2.24, 2.45) is 11.3 Å². The van der Waals surface area contributed by atoms with Gasteiger partial charge in [-0.3, -0.25) is 0 Å². The summed E-state index contributed by atoms with van der Waals surface area (Å²) < 4.78 is 16.0. The lowest BCUT2D eigenvalue weighted by molar-refractivity contribution is -0.0550. The molecule has 102 valence electrons. The summed E-state index contributed by atoms with van der Waals surface area (Å²) in [6.45, 7) is 7.46. The van der Waals surface area contributed by atoms with Crippen LogP contribution in [0.3, 0.4) is 0 Å². The third-order valence-electron chi connectivity index (χ3n) is 3.77. The van der Waals surface area contributed by atoms with Gasteiger partial charge >= 0.3 is 0 Å². The van der Waals surface area contributed by atoms with Gasteiger partial charge in [0.15, 0.2) is 0 Å². The van der Waals surface area contributed by atoms with E-state index in [9.17, 15) is 0 Å². The van der Waals surface area contributed by atoms with Crippen LogP contribution in [-0.2, 0) is 14.2 Å². The first-order valence-electron chi connectivity index (χ1n) is 6.51. The van der Waals surface area contributed by atoms with Crippen LogP contribution in [0.15, 0.2) is 0 Å². The Kier molecular flexibility index (Phi) is 7.04. The molecule has 1 aliphatic heterocycles. The summed E-state index contributed by atoms with van der Waals surface area (Å²) in [5.41, 5.74) is 0.224. The zero-order valence-electron chi connectivity index (χ0n) is 11.5. The van der Waals surface area contributed by atoms with Gasteiger partial charge in [0.1, 0.15) is 0 Å². The molecule has 0 aromatic rings. The first kappa shape index (κ1) is 14.9. The Bertz CT molecular complexity index is 193. The second-order valence-electron chi connectivity index (χ2n) is 5.04. The van der Waals surface area contributed by atoms with Crippen molar-refractivity contribution in [3.63, 3.8) is 0 Å². The molecule has 17 heavy (non-hydrogen) atoms. The molecule has 0 aliphatic carbocycles. The molecule has 4 nitrogen and oxygen atoms in total. The highest BCUT2D eigenvalue weighted by Crippen LogP contribution is 2.36. The Morgan fingerprint density at radius 2 is 2.18 bits per heavy atom. The van der Waals surface area contributed by atoms with Crippen molar-refractivity contribution >= 4 is 0 Å². The molecule has 0 aromatic carbocycles. The lowest BCUT2D eigenvalue weighted by atomic mass is 9.72. The summed E-state index contributed by atoms with van der Waals surface area (Å²) in [4.78, 5) is 0. The van der Waals surface area contributed by atoms with Crippen molar-refractivity contribution in [2.75, 3.05) is 53.7 Å². The normalized spacial score (nSPS) is 27.0. The topological polar surface area (TPSA) is 39.7 Å². The highest BCUT2D eigenvalue weighted by atomic mass is 16.5. The largest absolute Gasteiger partial charge is 0.384 e. The molecule has 2 unspecified atom stereocenters. The molecule has 0 bridgehead atoms. The van der Waals surface area contributed by atoms with E-state index < -0.39 is 0 Å². The Hall–Kier alpha value is -0.160.